The lowest BCUT2D eigenvalue weighted by molar-refractivity contribution is -0.121. The number of rotatable bonds is 6. The molecule has 1 aliphatic heterocycles. The van der Waals surface area contributed by atoms with Crippen LogP contribution in [0.4, 0.5) is 0 Å². The van der Waals surface area contributed by atoms with Crippen LogP contribution < -0.4 is 5.32 Å². The number of likely N-dealkylation sites (tertiary alicyclic amines) is 1. The molecule has 2 aromatic carbocycles. The van der Waals surface area contributed by atoms with Crippen molar-refractivity contribution in [3.8, 4) is 0 Å². The molecule has 1 heterocycles. The Morgan fingerprint density at radius 1 is 1.08 bits per heavy atom. The molecule has 1 atom stereocenters. The Balaban J connectivity index is 1.69. The van der Waals surface area contributed by atoms with Gasteiger partial charge in [0.1, 0.15) is 5.25 Å². The first kappa shape index (κ1) is 18.0. The van der Waals surface area contributed by atoms with E-state index in [2.05, 4.69) is 29.3 Å². The van der Waals surface area contributed by atoms with E-state index in [0.717, 1.165) is 42.9 Å². The minimum atomic E-state index is -0.215. The maximum absolute atomic E-state index is 13.0. The molecule has 0 radical (unpaired) electrons. The summed E-state index contributed by atoms with van der Waals surface area (Å²) >= 11 is 1.62. The zero-order valence-corrected chi connectivity index (χ0v) is 15.5. The van der Waals surface area contributed by atoms with Crippen LogP contribution in [0.3, 0.4) is 0 Å². The van der Waals surface area contributed by atoms with Gasteiger partial charge in [-0.2, -0.15) is 0 Å². The van der Waals surface area contributed by atoms with Crippen LogP contribution in [0.25, 0.3) is 0 Å². The summed E-state index contributed by atoms with van der Waals surface area (Å²) in [6.45, 7) is 5.44. The van der Waals surface area contributed by atoms with Crippen molar-refractivity contribution in [3.05, 3.63) is 66.2 Å². The average molecular weight is 355 g/mol. The second-order valence-electron chi connectivity index (χ2n) is 6.44. The van der Waals surface area contributed by atoms with Crippen molar-refractivity contribution in [1.29, 1.82) is 0 Å². The number of hydrogen-bond donors (Lipinski definition) is 1. The SMILES string of the molecule is CCN1CCC(NC(=O)[C@@H](Sc2ccccc2)c2ccccc2)CC1. The van der Waals surface area contributed by atoms with Gasteiger partial charge in [-0.1, -0.05) is 55.5 Å². The summed E-state index contributed by atoms with van der Waals surface area (Å²) in [5, 5.41) is 3.08. The number of thioether (sulfide) groups is 1. The van der Waals surface area contributed by atoms with Gasteiger partial charge in [-0.3, -0.25) is 4.79 Å². The van der Waals surface area contributed by atoms with Crippen LogP contribution >= 0.6 is 11.8 Å². The molecule has 1 amide bonds. The normalized spacial score (nSPS) is 17.2. The molecule has 0 aliphatic carbocycles. The fourth-order valence-corrected chi connectivity index (χ4v) is 4.26. The van der Waals surface area contributed by atoms with E-state index >= 15 is 0 Å². The van der Waals surface area contributed by atoms with Gasteiger partial charge in [0, 0.05) is 24.0 Å². The van der Waals surface area contributed by atoms with Crippen molar-refractivity contribution >= 4 is 17.7 Å². The molecule has 0 saturated carbocycles. The molecule has 4 heteroatoms. The van der Waals surface area contributed by atoms with Crippen molar-refractivity contribution in [1.82, 2.24) is 10.2 Å². The van der Waals surface area contributed by atoms with E-state index in [1.807, 2.05) is 48.5 Å². The van der Waals surface area contributed by atoms with Crippen molar-refractivity contribution in [3.63, 3.8) is 0 Å². The second kappa shape index (κ2) is 9.07. The fraction of sp³-hybridized carbons (Fsp3) is 0.381. The van der Waals surface area contributed by atoms with Gasteiger partial charge in [0.15, 0.2) is 0 Å². The summed E-state index contributed by atoms with van der Waals surface area (Å²) in [6, 6.07) is 20.5. The number of hydrogen-bond acceptors (Lipinski definition) is 3. The molecule has 1 aliphatic rings. The zero-order valence-electron chi connectivity index (χ0n) is 14.7. The molecule has 132 valence electrons. The summed E-state index contributed by atoms with van der Waals surface area (Å²) in [5.41, 5.74) is 1.06. The van der Waals surface area contributed by atoms with Crippen LogP contribution in [0.2, 0.25) is 0 Å². The molecule has 3 rings (SSSR count). The number of carbonyl (C=O) groups is 1. The molecule has 1 fully saturated rings. The maximum Gasteiger partial charge on any atom is 0.238 e. The van der Waals surface area contributed by atoms with Gasteiger partial charge in [0.05, 0.1) is 0 Å². The van der Waals surface area contributed by atoms with Gasteiger partial charge in [-0.25, -0.2) is 0 Å². The largest absolute Gasteiger partial charge is 0.352 e. The van der Waals surface area contributed by atoms with E-state index in [9.17, 15) is 4.79 Å². The summed E-state index contributed by atoms with van der Waals surface area (Å²) in [5.74, 6) is 0.120. The van der Waals surface area contributed by atoms with Crippen LogP contribution in [0, 0.1) is 0 Å². The maximum atomic E-state index is 13.0. The Morgan fingerprint density at radius 3 is 2.28 bits per heavy atom. The first-order chi connectivity index (χ1) is 12.3. The molecule has 1 saturated heterocycles. The van der Waals surface area contributed by atoms with E-state index in [4.69, 9.17) is 0 Å². The highest BCUT2D eigenvalue weighted by molar-refractivity contribution is 8.00. The third-order valence-corrected chi connectivity index (χ3v) is 5.99. The van der Waals surface area contributed by atoms with Crippen molar-refractivity contribution < 1.29 is 4.79 Å². The lowest BCUT2D eigenvalue weighted by Crippen LogP contribution is -2.45. The van der Waals surface area contributed by atoms with Crippen molar-refractivity contribution in [2.75, 3.05) is 19.6 Å². The third kappa shape index (κ3) is 5.10. The van der Waals surface area contributed by atoms with E-state index < -0.39 is 0 Å². The average Bonchev–Trinajstić information content (AvgIpc) is 2.68. The second-order valence-corrected chi connectivity index (χ2v) is 7.62. The highest BCUT2D eigenvalue weighted by atomic mass is 32.2. The predicted molar refractivity (Wildman–Crippen MR) is 105 cm³/mol. The highest BCUT2D eigenvalue weighted by Crippen LogP contribution is 2.35. The summed E-state index contributed by atoms with van der Waals surface area (Å²) in [4.78, 5) is 16.6. The monoisotopic (exact) mass is 354 g/mol. The quantitative estimate of drug-likeness (QED) is 0.792. The molecule has 0 spiro atoms. The molecule has 2 aromatic rings. The van der Waals surface area contributed by atoms with Gasteiger partial charge in [-0.15, -0.1) is 11.8 Å². The zero-order chi connectivity index (χ0) is 17.5. The smallest absolute Gasteiger partial charge is 0.238 e. The number of benzene rings is 2. The number of piperidine rings is 1. The lowest BCUT2D eigenvalue weighted by Gasteiger charge is -2.32. The topological polar surface area (TPSA) is 32.3 Å². The van der Waals surface area contributed by atoms with Crippen LogP contribution in [0.1, 0.15) is 30.6 Å². The minimum Gasteiger partial charge on any atom is -0.352 e. The Kier molecular flexibility index (Phi) is 6.54. The molecule has 0 bridgehead atoms. The fourth-order valence-electron chi connectivity index (χ4n) is 3.21. The number of nitrogens with one attached hydrogen (secondary N) is 1. The van der Waals surface area contributed by atoms with E-state index in [1.54, 1.807) is 11.8 Å². The first-order valence-electron chi connectivity index (χ1n) is 9.05. The van der Waals surface area contributed by atoms with E-state index in [1.165, 1.54) is 0 Å². The van der Waals surface area contributed by atoms with Gasteiger partial charge in [-0.05, 0) is 37.1 Å². The van der Waals surface area contributed by atoms with Crippen LogP contribution in [0.15, 0.2) is 65.6 Å². The van der Waals surface area contributed by atoms with Crippen molar-refractivity contribution in [2.24, 2.45) is 0 Å². The summed E-state index contributed by atoms with van der Waals surface area (Å²) in [6.07, 6.45) is 2.08. The van der Waals surface area contributed by atoms with Gasteiger partial charge in [0.2, 0.25) is 5.91 Å². The molecule has 1 N–H and O–H groups in total. The summed E-state index contributed by atoms with van der Waals surface area (Å²) < 4.78 is 0. The first-order valence-corrected chi connectivity index (χ1v) is 9.93. The third-order valence-electron chi connectivity index (χ3n) is 4.72. The number of nitrogens with zero attached hydrogens (tertiary/aromatic N) is 1. The van der Waals surface area contributed by atoms with E-state index in [-0.39, 0.29) is 17.2 Å². The highest BCUT2D eigenvalue weighted by Gasteiger charge is 2.26. The van der Waals surface area contributed by atoms with Gasteiger partial charge >= 0.3 is 0 Å². The Labute approximate surface area is 154 Å². The van der Waals surface area contributed by atoms with Crippen LogP contribution in [-0.2, 0) is 4.79 Å². The minimum absolute atomic E-state index is 0.120. The molecule has 0 unspecified atom stereocenters. The number of amides is 1. The Hall–Kier alpha value is -1.78. The predicted octanol–water partition coefficient (Wildman–Crippen LogP) is 4.12. The van der Waals surface area contributed by atoms with Gasteiger partial charge < -0.3 is 10.2 Å². The Bertz CT molecular complexity index is 654. The lowest BCUT2D eigenvalue weighted by atomic mass is 10.0. The van der Waals surface area contributed by atoms with Crippen molar-refractivity contribution in [2.45, 2.75) is 36.0 Å². The van der Waals surface area contributed by atoms with Crippen LogP contribution in [-0.4, -0.2) is 36.5 Å². The molecular formula is C21H26N2OS. The standard InChI is InChI=1S/C21H26N2OS/c1-2-23-15-13-18(14-16-23)22-21(24)20(17-9-5-3-6-10-17)25-19-11-7-4-8-12-19/h3-12,18,20H,2,13-16H2,1H3,(H,22,24)/t20-/m0/s1. The Morgan fingerprint density at radius 2 is 1.68 bits per heavy atom. The molecule has 0 aromatic heterocycles. The van der Waals surface area contributed by atoms with Crippen LogP contribution in [0.5, 0.6) is 0 Å². The van der Waals surface area contributed by atoms with Gasteiger partial charge in [0.25, 0.3) is 0 Å². The summed E-state index contributed by atoms with van der Waals surface area (Å²) in [7, 11) is 0. The van der Waals surface area contributed by atoms with E-state index in [0.29, 0.717) is 0 Å². The number of carbonyl (C=O) groups excluding carboxylic acids is 1. The molecule has 25 heavy (non-hydrogen) atoms. The molecular weight excluding hydrogens is 328 g/mol. The molecule has 3 nitrogen and oxygen atoms in total.